The van der Waals surface area contributed by atoms with Crippen LogP contribution in [-0.2, 0) is 0 Å². The Morgan fingerprint density at radius 1 is 1.32 bits per heavy atom. The maximum Gasteiger partial charge on any atom is 0.234 e. The quantitative estimate of drug-likeness (QED) is 0.765. The van der Waals surface area contributed by atoms with Gasteiger partial charge in [-0.25, -0.2) is 14.5 Å². The van der Waals surface area contributed by atoms with Crippen LogP contribution in [0.3, 0.4) is 0 Å². The summed E-state index contributed by atoms with van der Waals surface area (Å²) in [7, 11) is 1.81. The van der Waals surface area contributed by atoms with Crippen molar-refractivity contribution in [3.63, 3.8) is 0 Å². The first-order valence-electron chi connectivity index (χ1n) is 5.84. The van der Waals surface area contributed by atoms with E-state index in [1.165, 1.54) is 4.52 Å². The van der Waals surface area contributed by atoms with Crippen molar-refractivity contribution in [2.45, 2.75) is 6.92 Å². The lowest BCUT2D eigenvalue weighted by atomic mass is 10.2. The Kier molecular flexibility index (Phi) is 2.63. The maximum atomic E-state index is 13.4. The van der Waals surface area contributed by atoms with E-state index < -0.39 is 5.95 Å². The van der Waals surface area contributed by atoms with Crippen molar-refractivity contribution >= 4 is 11.5 Å². The van der Waals surface area contributed by atoms with Crippen LogP contribution in [0.2, 0.25) is 0 Å². The number of pyridine rings is 1. The lowest BCUT2D eigenvalue weighted by molar-refractivity contribution is 0.546. The first kappa shape index (κ1) is 11.6. The molecule has 0 aliphatic rings. The zero-order chi connectivity index (χ0) is 13.4. The Morgan fingerprint density at radius 2 is 2.16 bits per heavy atom. The molecule has 0 atom stereocenters. The number of nitrogens with zero attached hydrogens (tertiary/aromatic N) is 4. The third-order valence-electron chi connectivity index (χ3n) is 2.90. The zero-order valence-electron chi connectivity index (χ0n) is 10.6. The second-order valence-electron chi connectivity index (χ2n) is 4.23. The monoisotopic (exact) mass is 257 g/mol. The number of imidazole rings is 1. The van der Waals surface area contributed by atoms with Gasteiger partial charge in [-0.05, 0) is 25.1 Å². The Morgan fingerprint density at radius 3 is 2.84 bits per heavy atom. The maximum absolute atomic E-state index is 13.4. The van der Waals surface area contributed by atoms with E-state index in [-0.39, 0.29) is 0 Å². The second-order valence-corrected chi connectivity index (χ2v) is 4.23. The Bertz CT molecular complexity index is 694. The van der Waals surface area contributed by atoms with Crippen LogP contribution in [0.15, 0.2) is 30.6 Å². The number of aromatic nitrogens is 4. The number of fused-ring (bicyclic) bond motifs is 1. The van der Waals surface area contributed by atoms with Crippen molar-refractivity contribution in [2.75, 3.05) is 12.4 Å². The van der Waals surface area contributed by atoms with Gasteiger partial charge in [0.15, 0.2) is 5.65 Å². The molecule has 0 saturated carbocycles. The lowest BCUT2D eigenvalue weighted by Crippen LogP contribution is -1.96. The van der Waals surface area contributed by atoms with Crippen LogP contribution in [0, 0.1) is 12.9 Å². The molecule has 0 saturated heterocycles. The third-order valence-corrected chi connectivity index (χ3v) is 2.90. The van der Waals surface area contributed by atoms with Crippen molar-refractivity contribution in [2.24, 2.45) is 0 Å². The first-order chi connectivity index (χ1) is 9.17. The summed E-state index contributed by atoms with van der Waals surface area (Å²) < 4.78 is 14.8. The summed E-state index contributed by atoms with van der Waals surface area (Å²) in [5.74, 6) is 0.299. The van der Waals surface area contributed by atoms with Gasteiger partial charge in [0.25, 0.3) is 0 Å². The highest BCUT2D eigenvalue weighted by Gasteiger charge is 2.08. The molecule has 0 aromatic carbocycles. The molecule has 1 N–H and O–H groups in total. The molecule has 0 amide bonds. The van der Waals surface area contributed by atoms with Crippen molar-refractivity contribution in [1.29, 1.82) is 0 Å². The van der Waals surface area contributed by atoms with Gasteiger partial charge in [0.1, 0.15) is 5.82 Å². The van der Waals surface area contributed by atoms with Gasteiger partial charge in [-0.1, -0.05) is 0 Å². The highest BCUT2D eigenvalue weighted by atomic mass is 19.1. The van der Waals surface area contributed by atoms with Gasteiger partial charge >= 0.3 is 0 Å². The van der Waals surface area contributed by atoms with Crippen molar-refractivity contribution < 1.29 is 4.39 Å². The van der Waals surface area contributed by atoms with Crippen molar-refractivity contribution in [1.82, 2.24) is 19.6 Å². The SMILES string of the molecule is CNc1ccc(-c2cn3nc(F)c(C)cc3n2)cn1. The topological polar surface area (TPSA) is 55.1 Å². The van der Waals surface area contributed by atoms with E-state index >= 15 is 0 Å². The van der Waals surface area contributed by atoms with Gasteiger partial charge in [-0.3, -0.25) is 0 Å². The van der Waals surface area contributed by atoms with E-state index in [9.17, 15) is 4.39 Å². The summed E-state index contributed by atoms with van der Waals surface area (Å²) >= 11 is 0. The average Bonchev–Trinajstić information content (AvgIpc) is 2.82. The predicted octanol–water partition coefficient (Wildman–Crippen LogP) is 2.28. The van der Waals surface area contributed by atoms with Gasteiger partial charge in [0.05, 0.1) is 11.9 Å². The molecule has 0 unspecified atom stereocenters. The van der Waals surface area contributed by atoms with Crippen LogP contribution in [0.1, 0.15) is 5.56 Å². The molecule has 0 radical (unpaired) electrons. The average molecular weight is 257 g/mol. The molecular formula is C13H12FN5. The molecule has 0 bridgehead atoms. The largest absolute Gasteiger partial charge is 0.373 e. The summed E-state index contributed by atoms with van der Waals surface area (Å²) in [4.78, 5) is 8.64. The van der Waals surface area contributed by atoms with Crippen LogP contribution in [0.4, 0.5) is 10.2 Å². The fraction of sp³-hybridized carbons (Fsp3) is 0.154. The molecule has 3 rings (SSSR count). The lowest BCUT2D eigenvalue weighted by Gasteiger charge is -1.99. The number of rotatable bonds is 2. The molecule has 19 heavy (non-hydrogen) atoms. The Hall–Kier alpha value is -2.50. The smallest absolute Gasteiger partial charge is 0.234 e. The van der Waals surface area contributed by atoms with E-state index in [1.807, 2.05) is 19.2 Å². The van der Waals surface area contributed by atoms with Gasteiger partial charge < -0.3 is 5.32 Å². The van der Waals surface area contributed by atoms with Crippen LogP contribution in [-0.4, -0.2) is 26.6 Å². The summed E-state index contributed by atoms with van der Waals surface area (Å²) in [5.41, 5.74) is 2.68. The zero-order valence-corrected chi connectivity index (χ0v) is 10.6. The fourth-order valence-corrected chi connectivity index (χ4v) is 1.82. The highest BCUT2D eigenvalue weighted by molar-refractivity contribution is 5.62. The minimum atomic E-state index is -0.486. The van der Waals surface area contributed by atoms with E-state index in [1.54, 1.807) is 25.4 Å². The first-order valence-corrected chi connectivity index (χ1v) is 5.84. The van der Waals surface area contributed by atoms with Crippen molar-refractivity contribution in [3.05, 3.63) is 42.1 Å². The molecule has 3 aromatic rings. The molecule has 0 aliphatic carbocycles. The molecule has 0 spiro atoms. The fourth-order valence-electron chi connectivity index (χ4n) is 1.82. The molecule has 0 aliphatic heterocycles. The molecule has 5 nitrogen and oxygen atoms in total. The minimum absolute atomic E-state index is 0.480. The van der Waals surface area contributed by atoms with Crippen LogP contribution < -0.4 is 5.32 Å². The summed E-state index contributed by atoms with van der Waals surface area (Å²) in [6.07, 6.45) is 3.41. The van der Waals surface area contributed by atoms with E-state index in [2.05, 4.69) is 20.4 Å². The Labute approximate surface area is 109 Å². The van der Waals surface area contributed by atoms with Gasteiger partial charge in [-0.2, -0.15) is 4.39 Å². The normalized spacial score (nSPS) is 10.9. The van der Waals surface area contributed by atoms with Gasteiger partial charge in [0, 0.05) is 24.4 Å². The van der Waals surface area contributed by atoms with Crippen LogP contribution in [0.25, 0.3) is 16.9 Å². The standard InChI is InChI=1S/C13H12FN5/c1-8-5-12-17-10(7-19(12)18-13(8)14)9-3-4-11(15-2)16-6-9/h3-7H,1-2H3,(H,15,16). The summed E-state index contributed by atoms with van der Waals surface area (Å²) in [6.45, 7) is 1.67. The molecule has 3 aromatic heterocycles. The van der Waals surface area contributed by atoms with Gasteiger partial charge in [0.2, 0.25) is 5.95 Å². The number of aryl methyl sites for hydroxylation is 1. The number of halogens is 1. The summed E-state index contributed by atoms with van der Waals surface area (Å²) in [5, 5.41) is 6.76. The molecular weight excluding hydrogens is 245 g/mol. The highest BCUT2D eigenvalue weighted by Crippen LogP contribution is 2.19. The molecule has 3 heterocycles. The minimum Gasteiger partial charge on any atom is -0.373 e. The number of nitrogens with one attached hydrogen (secondary N) is 1. The third kappa shape index (κ3) is 2.01. The van der Waals surface area contributed by atoms with E-state index in [4.69, 9.17) is 0 Å². The molecule has 0 fully saturated rings. The second kappa shape index (κ2) is 4.31. The number of hydrogen-bond donors (Lipinski definition) is 1. The number of anilines is 1. The number of hydrogen-bond acceptors (Lipinski definition) is 4. The predicted molar refractivity (Wildman–Crippen MR) is 70.5 cm³/mol. The summed E-state index contributed by atoms with van der Waals surface area (Å²) in [6, 6.07) is 5.43. The van der Waals surface area contributed by atoms with E-state index in [0.29, 0.717) is 16.9 Å². The van der Waals surface area contributed by atoms with E-state index in [0.717, 1.165) is 11.4 Å². The van der Waals surface area contributed by atoms with Crippen molar-refractivity contribution in [3.8, 4) is 11.3 Å². The van der Waals surface area contributed by atoms with Gasteiger partial charge in [-0.15, -0.1) is 5.10 Å². The van der Waals surface area contributed by atoms with Crippen LogP contribution in [0.5, 0.6) is 0 Å². The Balaban J connectivity index is 2.09. The molecule has 6 heteroatoms. The molecule has 96 valence electrons. The van der Waals surface area contributed by atoms with Crippen LogP contribution >= 0.6 is 0 Å².